The highest BCUT2D eigenvalue weighted by Crippen LogP contribution is 2.40. The molecule has 1 aliphatic carbocycles. The van der Waals surface area contributed by atoms with Crippen LogP contribution in [0.15, 0.2) is 24.3 Å². The van der Waals surface area contributed by atoms with E-state index in [1.54, 1.807) is 12.1 Å². The summed E-state index contributed by atoms with van der Waals surface area (Å²) < 4.78 is 0. The standard InChI is InChI=1S/C14H20O/c1-10-3-4-11(2)14(9-10)12-5-7-13(15)8-6-12/h5-8,10-11,14-15H,3-4,9H2,1-2H3. The van der Waals surface area contributed by atoms with E-state index in [2.05, 4.69) is 26.0 Å². The van der Waals surface area contributed by atoms with Crippen LogP contribution in [0, 0.1) is 11.8 Å². The van der Waals surface area contributed by atoms with Crippen LogP contribution < -0.4 is 0 Å². The third kappa shape index (κ3) is 2.34. The van der Waals surface area contributed by atoms with E-state index in [0.717, 1.165) is 11.8 Å². The van der Waals surface area contributed by atoms with E-state index in [-0.39, 0.29) is 0 Å². The summed E-state index contributed by atoms with van der Waals surface area (Å²) >= 11 is 0. The van der Waals surface area contributed by atoms with Gasteiger partial charge in [0, 0.05) is 0 Å². The Hall–Kier alpha value is -0.980. The van der Waals surface area contributed by atoms with Crippen LogP contribution in [0.3, 0.4) is 0 Å². The predicted octanol–water partition coefficient (Wildman–Crippen LogP) is 3.93. The summed E-state index contributed by atoms with van der Waals surface area (Å²) in [7, 11) is 0. The first kappa shape index (κ1) is 10.5. The molecule has 82 valence electrons. The van der Waals surface area contributed by atoms with Gasteiger partial charge in [0.05, 0.1) is 0 Å². The van der Waals surface area contributed by atoms with Gasteiger partial charge < -0.3 is 5.11 Å². The SMILES string of the molecule is CC1CCC(C)C(c2ccc(O)cc2)C1. The Balaban J connectivity index is 2.17. The molecule has 0 amide bonds. The van der Waals surface area contributed by atoms with E-state index in [9.17, 15) is 5.11 Å². The molecule has 0 saturated heterocycles. The molecule has 0 spiro atoms. The van der Waals surface area contributed by atoms with Gasteiger partial charge in [0.25, 0.3) is 0 Å². The molecular weight excluding hydrogens is 184 g/mol. The monoisotopic (exact) mass is 204 g/mol. The molecule has 1 N–H and O–H groups in total. The van der Waals surface area contributed by atoms with E-state index in [4.69, 9.17) is 0 Å². The largest absolute Gasteiger partial charge is 0.508 e. The van der Waals surface area contributed by atoms with Crippen LogP contribution >= 0.6 is 0 Å². The number of phenols is 1. The zero-order valence-corrected chi connectivity index (χ0v) is 9.61. The number of phenolic OH excluding ortho intramolecular Hbond substituents is 1. The molecule has 1 aliphatic rings. The molecule has 1 nitrogen and oxygen atoms in total. The highest BCUT2D eigenvalue weighted by atomic mass is 16.3. The summed E-state index contributed by atoms with van der Waals surface area (Å²) in [6.07, 6.45) is 4.01. The summed E-state index contributed by atoms with van der Waals surface area (Å²) in [5.74, 6) is 2.69. The van der Waals surface area contributed by atoms with E-state index in [1.165, 1.54) is 24.8 Å². The highest BCUT2D eigenvalue weighted by Gasteiger charge is 2.26. The molecule has 0 bridgehead atoms. The highest BCUT2D eigenvalue weighted by molar-refractivity contribution is 5.29. The maximum absolute atomic E-state index is 9.27. The molecule has 1 aromatic rings. The van der Waals surface area contributed by atoms with Crippen molar-refractivity contribution in [3.63, 3.8) is 0 Å². The molecular formula is C14H20O. The van der Waals surface area contributed by atoms with Crippen LogP contribution in [0.5, 0.6) is 5.75 Å². The molecule has 0 heterocycles. The van der Waals surface area contributed by atoms with Gasteiger partial charge in [0.1, 0.15) is 5.75 Å². The van der Waals surface area contributed by atoms with Gasteiger partial charge in [-0.15, -0.1) is 0 Å². The quantitative estimate of drug-likeness (QED) is 0.734. The molecule has 3 unspecified atom stereocenters. The second-order valence-corrected chi connectivity index (χ2v) is 5.09. The molecule has 1 fully saturated rings. The summed E-state index contributed by atoms with van der Waals surface area (Å²) in [5, 5.41) is 9.27. The average Bonchev–Trinajstić information content (AvgIpc) is 2.23. The first-order valence-corrected chi connectivity index (χ1v) is 5.95. The maximum Gasteiger partial charge on any atom is 0.115 e. The Bertz CT molecular complexity index is 315. The fraction of sp³-hybridized carbons (Fsp3) is 0.571. The normalized spacial score (nSPS) is 31.5. The zero-order valence-electron chi connectivity index (χ0n) is 9.61. The molecule has 1 aromatic carbocycles. The fourth-order valence-corrected chi connectivity index (χ4v) is 2.72. The lowest BCUT2D eigenvalue weighted by atomic mass is 9.72. The zero-order chi connectivity index (χ0) is 10.8. The van der Waals surface area contributed by atoms with Gasteiger partial charge in [-0.25, -0.2) is 0 Å². The Morgan fingerprint density at radius 1 is 1.07 bits per heavy atom. The van der Waals surface area contributed by atoms with Gasteiger partial charge in [0.15, 0.2) is 0 Å². The lowest BCUT2D eigenvalue weighted by Crippen LogP contribution is -2.19. The van der Waals surface area contributed by atoms with E-state index < -0.39 is 0 Å². The van der Waals surface area contributed by atoms with Crippen molar-refractivity contribution in [3.8, 4) is 5.75 Å². The van der Waals surface area contributed by atoms with Crippen molar-refractivity contribution in [2.45, 2.75) is 39.0 Å². The molecule has 1 saturated carbocycles. The first-order valence-electron chi connectivity index (χ1n) is 5.95. The molecule has 0 aliphatic heterocycles. The van der Waals surface area contributed by atoms with E-state index in [1.807, 2.05) is 0 Å². The minimum absolute atomic E-state index is 0.371. The number of aromatic hydroxyl groups is 1. The minimum Gasteiger partial charge on any atom is -0.508 e. The fourth-order valence-electron chi connectivity index (χ4n) is 2.72. The molecule has 0 radical (unpaired) electrons. The third-order valence-electron chi connectivity index (χ3n) is 3.78. The van der Waals surface area contributed by atoms with E-state index >= 15 is 0 Å². The van der Waals surface area contributed by atoms with Gasteiger partial charge in [0.2, 0.25) is 0 Å². The van der Waals surface area contributed by atoms with Gasteiger partial charge in [-0.3, -0.25) is 0 Å². The van der Waals surface area contributed by atoms with Crippen LogP contribution in [0.2, 0.25) is 0 Å². The summed E-state index contributed by atoms with van der Waals surface area (Å²) in [6, 6.07) is 7.77. The van der Waals surface area contributed by atoms with Gasteiger partial charge in [-0.2, -0.15) is 0 Å². The molecule has 2 rings (SSSR count). The molecule has 3 atom stereocenters. The van der Waals surface area contributed by atoms with Gasteiger partial charge >= 0.3 is 0 Å². The Kier molecular flexibility index (Phi) is 2.99. The minimum atomic E-state index is 0.371. The summed E-state index contributed by atoms with van der Waals surface area (Å²) in [5.41, 5.74) is 1.40. The third-order valence-corrected chi connectivity index (χ3v) is 3.78. The van der Waals surface area contributed by atoms with Crippen LogP contribution in [0.4, 0.5) is 0 Å². The predicted molar refractivity (Wildman–Crippen MR) is 63.0 cm³/mol. The van der Waals surface area contributed by atoms with Gasteiger partial charge in [-0.1, -0.05) is 32.4 Å². The Labute approximate surface area is 92.1 Å². The van der Waals surface area contributed by atoms with Crippen molar-refractivity contribution in [1.82, 2.24) is 0 Å². The van der Waals surface area contributed by atoms with Crippen LogP contribution in [0.25, 0.3) is 0 Å². The van der Waals surface area contributed by atoms with Gasteiger partial charge in [-0.05, 0) is 48.3 Å². The van der Waals surface area contributed by atoms with Crippen molar-refractivity contribution in [1.29, 1.82) is 0 Å². The van der Waals surface area contributed by atoms with Crippen molar-refractivity contribution >= 4 is 0 Å². The maximum atomic E-state index is 9.27. The smallest absolute Gasteiger partial charge is 0.115 e. The van der Waals surface area contributed by atoms with Crippen LogP contribution in [-0.2, 0) is 0 Å². The lowest BCUT2D eigenvalue weighted by Gasteiger charge is -2.33. The second-order valence-electron chi connectivity index (χ2n) is 5.09. The van der Waals surface area contributed by atoms with Crippen molar-refractivity contribution in [2.75, 3.05) is 0 Å². The topological polar surface area (TPSA) is 20.2 Å². The van der Waals surface area contributed by atoms with E-state index in [0.29, 0.717) is 11.7 Å². The lowest BCUT2D eigenvalue weighted by molar-refractivity contribution is 0.264. The number of hydrogen-bond donors (Lipinski definition) is 1. The average molecular weight is 204 g/mol. The molecule has 1 heteroatoms. The molecule has 0 aromatic heterocycles. The van der Waals surface area contributed by atoms with Crippen LogP contribution in [-0.4, -0.2) is 5.11 Å². The second kappa shape index (κ2) is 4.26. The van der Waals surface area contributed by atoms with Crippen molar-refractivity contribution in [3.05, 3.63) is 29.8 Å². The Morgan fingerprint density at radius 3 is 2.40 bits per heavy atom. The number of benzene rings is 1. The van der Waals surface area contributed by atoms with Crippen molar-refractivity contribution in [2.24, 2.45) is 11.8 Å². The summed E-state index contributed by atoms with van der Waals surface area (Å²) in [6.45, 7) is 4.70. The first-order chi connectivity index (χ1) is 7.16. The molecule has 15 heavy (non-hydrogen) atoms. The van der Waals surface area contributed by atoms with Crippen molar-refractivity contribution < 1.29 is 5.11 Å². The summed E-state index contributed by atoms with van der Waals surface area (Å²) in [4.78, 5) is 0. The number of rotatable bonds is 1. The Morgan fingerprint density at radius 2 is 1.73 bits per heavy atom. The van der Waals surface area contributed by atoms with Crippen LogP contribution in [0.1, 0.15) is 44.6 Å². The number of hydrogen-bond acceptors (Lipinski definition) is 1.